The van der Waals surface area contributed by atoms with Crippen LogP contribution in [0.15, 0.2) is 71.8 Å². The van der Waals surface area contributed by atoms with E-state index in [-0.39, 0.29) is 12.4 Å². The molecule has 0 heterocycles. The normalized spacial score (nSPS) is 10.6. The summed E-state index contributed by atoms with van der Waals surface area (Å²) < 4.78 is 16.5. The van der Waals surface area contributed by atoms with Crippen molar-refractivity contribution in [3.05, 3.63) is 88.4 Å². The van der Waals surface area contributed by atoms with Gasteiger partial charge in [-0.2, -0.15) is 5.10 Å². The highest BCUT2D eigenvalue weighted by atomic mass is 35.5. The molecule has 0 aromatic heterocycles. The molecular weight excluding hydrogens is 444 g/mol. The van der Waals surface area contributed by atoms with Crippen molar-refractivity contribution >= 4 is 29.7 Å². The van der Waals surface area contributed by atoms with Crippen molar-refractivity contribution < 1.29 is 23.8 Å². The molecule has 7 nitrogen and oxygen atoms in total. The van der Waals surface area contributed by atoms with E-state index in [2.05, 4.69) is 10.5 Å². The van der Waals surface area contributed by atoms with Crippen LogP contribution in [0.25, 0.3) is 0 Å². The third kappa shape index (κ3) is 7.08. The van der Waals surface area contributed by atoms with E-state index >= 15 is 0 Å². The number of esters is 1. The van der Waals surface area contributed by atoms with Crippen LogP contribution in [0.5, 0.6) is 17.2 Å². The van der Waals surface area contributed by atoms with Gasteiger partial charge in [0, 0.05) is 5.02 Å². The Hall–Kier alpha value is -3.84. The van der Waals surface area contributed by atoms with Gasteiger partial charge >= 0.3 is 5.97 Å². The van der Waals surface area contributed by atoms with Gasteiger partial charge in [-0.15, -0.1) is 0 Å². The molecule has 0 spiro atoms. The number of aryl methyl sites for hydroxylation is 1. The fourth-order valence-electron chi connectivity index (χ4n) is 2.78. The van der Waals surface area contributed by atoms with E-state index in [0.717, 1.165) is 5.56 Å². The van der Waals surface area contributed by atoms with Gasteiger partial charge in [0.25, 0.3) is 5.91 Å². The maximum Gasteiger partial charge on any atom is 0.343 e. The number of halogens is 1. The van der Waals surface area contributed by atoms with E-state index in [1.807, 2.05) is 32.0 Å². The monoisotopic (exact) mass is 466 g/mol. The Morgan fingerprint density at radius 3 is 2.45 bits per heavy atom. The first-order chi connectivity index (χ1) is 16.0. The summed E-state index contributed by atoms with van der Waals surface area (Å²) in [4.78, 5) is 24.4. The zero-order chi connectivity index (χ0) is 23.6. The van der Waals surface area contributed by atoms with Gasteiger partial charge < -0.3 is 14.2 Å². The number of hydrazone groups is 1. The lowest BCUT2D eigenvalue weighted by molar-refractivity contribution is -0.123. The molecular formula is C25H23ClN2O5. The molecule has 0 radical (unpaired) electrons. The van der Waals surface area contributed by atoms with Gasteiger partial charge in [0.05, 0.1) is 18.4 Å². The summed E-state index contributed by atoms with van der Waals surface area (Å²) in [5.41, 5.74) is 4.36. The van der Waals surface area contributed by atoms with E-state index in [4.69, 9.17) is 25.8 Å². The van der Waals surface area contributed by atoms with Crippen LogP contribution in [0.3, 0.4) is 0 Å². The van der Waals surface area contributed by atoms with Crippen LogP contribution in [0.4, 0.5) is 0 Å². The van der Waals surface area contributed by atoms with Gasteiger partial charge in [0.15, 0.2) is 18.1 Å². The maximum absolute atomic E-state index is 12.4. The Balaban J connectivity index is 1.60. The molecule has 3 rings (SSSR count). The van der Waals surface area contributed by atoms with Crippen LogP contribution in [0.2, 0.25) is 5.02 Å². The lowest BCUT2D eigenvalue weighted by Gasteiger charge is -2.11. The molecule has 0 saturated carbocycles. The highest BCUT2D eigenvalue weighted by molar-refractivity contribution is 6.30. The first-order valence-electron chi connectivity index (χ1n) is 10.2. The average Bonchev–Trinajstić information content (AvgIpc) is 2.80. The fraction of sp³-hybridized carbons (Fsp3) is 0.160. The minimum Gasteiger partial charge on any atom is -0.490 e. The number of carbonyl (C=O) groups is 2. The standard InChI is InChI=1S/C25H23ClN2O5/c1-3-31-23-14-18(8-13-22(23)33-25(30)19-9-11-20(26)12-10-19)15-27-28-24(29)16-32-21-7-5-4-6-17(21)2/h4-15H,3,16H2,1-2H3,(H,28,29)/b27-15-. The molecule has 3 aromatic rings. The molecule has 0 atom stereocenters. The predicted molar refractivity (Wildman–Crippen MR) is 126 cm³/mol. The molecule has 3 aromatic carbocycles. The first kappa shape index (κ1) is 23.8. The lowest BCUT2D eigenvalue weighted by atomic mass is 10.2. The van der Waals surface area contributed by atoms with Crippen molar-refractivity contribution in [1.82, 2.24) is 5.43 Å². The number of hydrogen-bond donors (Lipinski definition) is 1. The molecule has 33 heavy (non-hydrogen) atoms. The molecule has 8 heteroatoms. The SMILES string of the molecule is CCOc1cc(/C=N\NC(=O)COc2ccccc2C)ccc1OC(=O)c1ccc(Cl)cc1. The predicted octanol–water partition coefficient (Wildman–Crippen LogP) is 4.80. The molecule has 0 aliphatic carbocycles. The van der Waals surface area contributed by atoms with Crippen LogP contribution in [-0.2, 0) is 4.79 Å². The number of nitrogens with one attached hydrogen (secondary N) is 1. The summed E-state index contributed by atoms with van der Waals surface area (Å²) in [7, 11) is 0. The van der Waals surface area contributed by atoms with Gasteiger partial charge in [0.2, 0.25) is 0 Å². The lowest BCUT2D eigenvalue weighted by Crippen LogP contribution is -2.24. The molecule has 0 unspecified atom stereocenters. The summed E-state index contributed by atoms with van der Waals surface area (Å²) in [5.74, 6) is 0.354. The summed E-state index contributed by atoms with van der Waals surface area (Å²) in [5, 5.41) is 4.47. The van der Waals surface area contributed by atoms with Crippen LogP contribution >= 0.6 is 11.6 Å². The van der Waals surface area contributed by atoms with Crippen molar-refractivity contribution in [3.8, 4) is 17.2 Å². The second-order valence-corrected chi connectivity index (χ2v) is 7.32. The molecule has 0 saturated heterocycles. The van der Waals surface area contributed by atoms with Gasteiger partial charge in [-0.25, -0.2) is 10.2 Å². The number of amides is 1. The van der Waals surface area contributed by atoms with Crippen LogP contribution in [0, 0.1) is 6.92 Å². The highest BCUT2D eigenvalue weighted by Crippen LogP contribution is 2.29. The Morgan fingerprint density at radius 1 is 0.970 bits per heavy atom. The smallest absolute Gasteiger partial charge is 0.343 e. The molecule has 0 fully saturated rings. The third-order valence-corrected chi connectivity index (χ3v) is 4.66. The van der Waals surface area contributed by atoms with Crippen molar-refractivity contribution in [2.45, 2.75) is 13.8 Å². The summed E-state index contributed by atoms with van der Waals surface area (Å²) in [6, 6.07) is 18.8. The first-order valence-corrected chi connectivity index (χ1v) is 10.6. The highest BCUT2D eigenvalue weighted by Gasteiger charge is 2.13. The van der Waals surface area contributed by atoms with E-state index in [1.54, 1.807) is 48.5 Å². The van der Waals surface area contributed by atoms with Gasteiger partial charge in [-0.3, -0.25) is 4.79 Å². The molecule has 0 aliphatic heterocycles. The quantitative estimate of drug-likeness (QED) is 0.212. The number of hydrogen-bond acceptors (Lipinski definition) is 6. The maximum atomic E-state index is 12.4. The van der Waals surface area contributed by atoms with Crippen molar-refractivity contribution in [1.29, 1.82) is 0 Å². The van der Waals surface area contributed by atoms with Crippen molar-refractivity contribution in [2.24, 2.45) is 5.10 Å². The van der Waals surface area contributed by atoms with Crippen LogP contribution in [0.1, 0.15) is 28.4 Å². The Labute approximate surface area is 196 Å². The van der Waals surface area contributed by atoms with Gasteiger partial charge in [-0.05, 0) is 73.5 Å². The number of ether oxygens (including phenoxy) is 3. The fourth-order valence-corrected chi connectivity index (χ4v) is 2.90. The molecule has 170 valence electrons. The minimum atomic E-state index is -0.532. The number of nitrogens with zero attached hydrogens (tertiary/aromatic N) is 1. The van der Waals surface area contributed by atoms with Crippen molar-refractivity contribution in [3.63, 3.8) is 0 Å². The molecule has 1 amide bonds. The van der Waals surface area contributed by atoms with Crippen molar-refractivity contribution in [2.75, 3.05) is 13.2 Å². The molecule has 0 aliphatic rings. The topological polar surface area (TPSA) is 86.2 Å². The average molecular weight is 467 g/mol. The van der Waals surface area contributed by atoms with Gasteiger partial charge in [-0.1, -0.05) is 29.8 Å². The largest absolute Gasteiger partial charge is 0.490 e. The van der Waals surface area contributed by atoms with E-state index in [1.165, 1.54) is 6.21 Å². The second-order valence-electron chi connectivity index (χ2n) is 6.88. The zero-order valence-corrected chi connectivity index (χ0v) is 19.0. The summed E-state index contributed by atoms with van der Waals surface area (Å²) in [6.07, 6.45) is 1.46. The summed E-state index contributed by atoms with van der Waals surface area (Å²) >= 11 is 5.86. The van der Waals surface area contributed by atoms with Crippen LogP contribution in [-0.4, -0.2) is 31.3 Å². The van der Waals surface area contributed by atoms with E-state index in [9.17, 15) is 9.59 Å². The minimum absolute atomic E-state index is 0.161. The number of carbonyl (C=O) groups excluding carboxylic acids is 2. The molecule has 0 bridgehead atoms. The number of benzene rings is 3. The number of rotatable bonds is 9. The second kappa shape index (κ2) is 11.7. The third-order valence-electron chi connectivity index (χ3n) is 4.41. The number of para-hydroxylation sites is 1. The van der Waals surface area contributed by atoms with Gasteiger partial charge in [0.1, 0.15) is 5.75 Å². The van der Waals surface area contributed by atoms with E-state index < -0.39 is 11.9 Å². The Kier molecular flexibility index (Phi) is 8.43. The molecule has 1 N–H and O–H groups in total. The van der Waals surface area contributed by atoms with Crippen LogP contribution < -0.4 is 19.6 Å². The zero-order valence-electron chi connectivity index (χ0n) is 18.2. The Bertz CT molecular complexity index is 1150. The summed E-state index contributed by atoms with van der Waals surface area (Å²) in [6.45, 7) is 3.93. The Morgan fingerprint density at radius 2 is 1.73 bits per heavy atom. The van der Waals surface area contributed by atoms with E-state index in [0.29, 0.717) is 34.3 Å².